The Bertz CT molecular complexity index is 680. The fraction of sp³-hybridized carbons (Fsp3) is 0.444. The van der Waals surface area contributed by atoms with Crippen molar-refractivity contribution < 1.29 is 34.8 Å². The number of hydrogen-bond donors (Lipinski definition) is 6. The molecule has 1 heterocycles. The molecule has 148 valence electrons. The van der Waals surface area contributed by atoms with Gasteiger partial charge in [0, 0.05) is 13.5 Å². The molecule has 0 bridgehead atoms. The number of nitrogens with one attached hydrogen (secondary N) is 2. The summed E-state index contributed by atoms with van der Waals surface area (Å²) in [6.45, 7) is 0.898. The summed E-state index contributed by atoms with van der Waals surface area (Å²) in [6, 6.07) is 7.77. The van der Waals surface area contributed by atoms with E-state index in [9.17, 15) is 24.9 Å². The highest BCUT2D eigenvalue weighted by molar-refractivity contribution is 5.84. The second kappa shape index (κ2) is 9.47. The van der Waals surface area contributed by atoms with Crippen LogP contribution in [0.15, 0.2) is 42.2 Å². The predicted molar refractivity (Wildman–Crippen MR) is 94.4 cm³/mol. The van der Waals surface area contributed by atoms with Crippen molar-refractivity contribution in [1.82, 2.24) is 10.6 Å². The van der Waals surface area contributed by atoms with Gasteiger partial charge in [0.15, 0.2) is 0 Å². The lowest BCUT2D eigenvalue weighted by Crippen LogP contribution is -2.62. The third-order valence-electron chi connectivity index (χ3n) is 4.22. The summed E-state index contributed by atoms with van der Waals surface area (Å²) in [5, 5.41) is 44.2. The molecule has 2 rings (SSSR count). The van der Waals surface area contributed by atoms with E-state index in [0.717, 1.165) is 5.56 Å². The first-order chi connectivity index (χ1) is 12.8. The average Bonchev–Trinajstić information content (AvgIpc) is 2.65. The van der Waals surface area contributed by atoms with Crippen LogP contribution in [0.2, 0.25) is 0 Å². The third-order valence-corrected chi connectivity index (χ3v) is 4.22. The summed E-state index contributed by atoms with van der Waals surface area (Å²) in [6.07, 6.45) is -3.15. The first-order valence-electron chi connectivity index (χ1n) is 8.46. The van der Waals surface area contributed by atoms with E-state index in [4.69, 9.17) is 9.84 Å². The summed E-state index contributed by atoms with van der Waals surface area (Å²) < 4.78 is 5.31. The summed E-state index contributed by atoms with van der Waals surface area (Å²) >= 11 is 0. The molecule has 0 fully saturated rings. The van der Waals surface area contributed by atoms with E-state index in [1.807, 2.05) is 30.3 Å². The number of aliphatic hydroxyl groups is 3. The quantitative estimate of drug-likeness (QED) is 0.327. The van der Waals surface area contributed by atoms with Crippen molar-refractivity contribution in [3.63, 3.8) is 0 Å². The molecule has 0 saturated carbocycles. The van der Waals surface area contributed by atoms with Crippen LogP contribution in [-0.4, -0.2) is 69.3 Å². The number of benzene rings is 1. The van der Waals surface area contributed by atoms with Crippen molar-refractivity contribution >= 4 is 11.9 Å². The van der Waals surface area contributed by atoms with Crippen LogP contribution in [-0.2, 0) is 20.9 Å². The molecule has 0 aromatic heterocycles. The molecule has 1 aliphatic rings. The van der Waals surface area contributed by atoms with Crippen molar-refractivity contribution in [2.45, 2.75) is 43.9 Å². The van der Waals surface area contributed by atoms with Gasteiger partial charge < -0.3 is 35.8 Å². The standard InChI is InChI=1S/C18H24N2O7/c1-10(22)20-15-12(19-8-11-5-3-2-4-6-11)7-14(18(25)26)27-17(15)16(24)13(23)9-21/h2-7,12-13,15-17,19,21,23-24H,8-9H2,1H3,(H,20,22)(H,25,26)/t12-,13?,15+,16+,17+/m0/s1. The van der Waals surface area contributed by atoms with Crippen molar-refractivity contribution in [3.05, 3.63) is 47.7 Å². The maximum atomic E-state index is 11.6. The lowest BCUT2D eigenvalue weighted by Gasteiger charge is -2.40. The minimum atomic E-state index is -1.61. The van der Waals surface area contributed by atoms with Gasteiger partial charge in [0.25, 0.3) is 0 Å². The van der Waals surface area contributed by atoms with E-state index in [-0.39, 0.29) is 0 Å². The molecule has 1 amide bonds. The monoisotopic (exact) mass is 380 g/mol. The van der Waals surface area contributed by atoms with Crippen molar-refractivity contribution in [3.8, 4) is 0 Å². The van der Waals surface area contributed by atoms with E-state index in [1.165, 1.54) is 13.0 Å². The van der Waals surface area contributed by atoms with Crippen molar-refractivity contribution in [2.24, 2.45) is 0 Å². The van der Waals surface area contributed by atoms with Crippen LogP contribution in [0.25, 0.3) is 0 Å². The van der Waals surface area contributed by atoms with Gasteiger partial charge in [-0.2, -0.15) is 0 Å². The Balaban J connectivity index is 2.30. The molecule has 6 N–H and O–H groups in total. The second-order valence-corrected chi connectivity index (χ2v) is 6.28. The molecule has 9 heteroatoms. The van der Waals surface area contributed by atoms with Crippen molar-refractivity contribution in [1.29, 1.82) is 0 Å². The first kappa shape index (κ1) is 20.8. The Kier molecular flexibility index (Phi) is 7.31. The van der Waals surface area contributed by atoms with E-state index in [2.05, 4.69) is 10.6 Å². The van der Waals surface area contributed by atoms with Crippen molar-refractivity contribution in [2.75, 3.05) is 6.61 Å². The minimum Gasteiger partial charge on any atom is -0.478 e. The Morgan fingerprint density at radius 2 is 1.89 bits per heavy atom. The zero-order valence-electron chi connectivity index (χ0n) is 14.8. The average molecular weight is 380 g/mol. The topological polar surface area (TPSA) is 148 Å². The minimum absolute atomic E-state index is 0.371. The van der Waals surface area contributed by atoms with Gasteiger partial charge in [-0.05, 0) is 11.6 Å². The van der Waals surface area contributed by atoms with E-state index < -0.39 is 54.6 Å². The maximum Gasteiger partial charge on any atom is 0.370 e. The van der Waals surface area contributed by atoms with Crippen LogP contribution in [0.3, 0.4) is 0 Å². The molecule has 9 nitrogen and oxygen atoms in total. The molecule has 1 unspecified atom stereocenters. The molecule has 0 radical (unpaired) electrons. The number of carboxylic acids is 1. The molecule has 27 heavy (non-hydrogen) atoms. The normalized spacial score (nSPS) is 24.3. The third kappa shape index (κ3) is 5.51. The van der Waals surface area contributed by atoms with Gasteiger partial charge in [0.2, 0.25) is 11.7 Å². The number of aliphatic hydroxyl groups excluding tert-OH is 3. The zero-order valence-corrected chi connectivity index (χ0v) is 14.8. The van der Waals surface area contributed by atoms with Gasteiger partial charge in [0.1, 0.15) is 18.3 Å². The number of aliphatic carboxylic acids is 1. The lowest BCUT2D eigenvalue weighted by molar-refractivity contribution is -0.146. The summed E-state index contributed by atoms with van der Waals surface area (Å²) in [7, 11) is 0. The second-order valence-electron chi connectivity index (χ2n) is 6.28. The summed E-state index contributed by atoms with van der Waals surface area (Å²) in [5.74, 6) is -2.19. The number of rotatable bonds is 8. The van der Waals surface area contributed by atoms with Crippen LogP contribution in [0, 0.1) is 0 Å². The molecule has 0 saturated heterocycles. The molecule has 5 atom stereocenters. The molecular weight excluding hydrogens is 356 g/mol. The fourth-order valence-electron chi connectivity index (χ4n) is 2.89. The lowest BCUT2D eigenvalue weighted by atomic mass is 9.91. The number of ether oxygens (including phenoxy) is 1. The van der Waals surface area contributed by atoms with Gasteiger partial charge in [-0.3, -0.25) is 4.79 Å². The van der Waals surface area contributed by atoms with Gasteiger partial charge in [-0.25, -0.2) is 4.79 Å². The van der Waals surface area contributed by atoms with E-state index in [1.54, 1.807) is 0 Å². The SMILES string of the molecule is CC(=O)N[C@H]1[C@H]([C@H](O)C(O)CO)OC(C(=O)O)=C[C@@H]1NCc1ccccc1. The highest BCUT2D eigenvalue weighted by Crippen LogP contribution is 2.23. The highest BCUT2D eigenvalue weighted by atomic mass is 16.5. The molecule has 1 aromatic carbocycles. The molecule has 0 aliphatic carbocycles. The van der Waals surface area contributed by atoms with Gasteiger partial charge in [0.05, 0.1) is 18.7 Å². The Morgan fingerprint density at radius 3 is 2.44 bits per heavy atom. The molecule has 0 spiro atoms. The zero-order chi connectivity index (χ0) is 20.0. The predicted octanol–water partition coefficient (Wildman–Crippen LogP) is -1.27. The number of carboxylic acid groups (broad SMARTS) is 1. The van der Waals surface area contributed by atoms with Crippen LogP contribution in [0.1, 0.15) is 12.5 Å². The van der Waals surface area contributed by atoms with Gasteiger partial charge >= 0.3 is 5.97 Å². The van der Waals surface area contributed by atoms with E-state index in [0.29, 0.717) is 6.54 Å². The largest absolute Gasteiger partial charge is 0.478 e. The van der Waals surface area contributed by atoms with Gasteiger partial charge in [-0.15, -0.1) is 0 Å². The van der Waals surface area contributed by atoms with Crippen LogP contribution < -0.4 is 10.6 Å². The molecule has 1 aromatic rings. The Hall–Kier alpha value is -2.46. The van der Waals surface area contributed by atoms with Gasteiger partial charge in [-0.1, -0.05) is 30.3 Å². The number of carbonyl (C=O) groups excluding carboxylic acids is 1. The van der Waals surface area contributed by atoms with Crippen LogP contribution >= 0.6 is 0 Å². The smallest absolute Gasteiger partial charge is 0.370 e. The van der Waals surface area contributed by atoms with E-state index >= 15 is 0 Å². The van der Waals surface area contributed by atoms with Crippen LogP contribution in [0.4, 0.5) is 0 Å². The maximum absolute atomic E-state index is 11.6. The van der Waals surface area contributed by atoms with Crippen LogP contribution in [0.5, 0.6) is 0 Å². The number of carbonyl (C=O) groups is 2. The number of hydrogen-bond acceptors (Lipinski definition) is 7. The summed E-state index contributed by atoms with van der Waals surface area (Å²) in [4.78, 5) is 23.0. The molecular formula is C18H24N2O7. The Morgan fingerprint density at radius 1 is 1.22 bits per heavy atom. The summed E-state index contributed by atoms with van der Waals surface area (Å²) in [5.41, 5.74) is 0.934. The first-order valence-corrected chi connectivity index (χ1v) is 8.46. The Labute approximate surface area is 156 Å². The number of amides is 1. The highest BCUT2D eigenvalue weighted by Gasteiger charge is 2.43. The fourth-order valence-corrected chi connectivity index (χ4v) is 2.89. The molecule has 1 aliphatic heterocycles.